The standard InChI is InChI=1S/C36H45N5O2/c1-38(2)23-29-21-22-41-33(25-39(3)4)35(30-15-13-28(14-16-30)12-11-27-9-7-6-8-10-27)34(41)26-40(24-29)36(42)37-31-17-19-32(43-5)20-18-31/h6-10,13-20,29,33-35H,21-26H2,1-5H3,(H,37,42)/t29?,33-,34?,35?/m1/s1. The van der Waals surface area contributed by atoms with Gasteiger partial charge in [0.15, 0.2) is 0 Å². The number of anilines is 1. The van der Waals surface area contributed by atoms with Gasteiger partial charge in [0.1, 0.15) is 5.75 Å². The molecule has 7 nitrogen and oxygen atoms in total. The van der Waals surface area contributed by atoms with Crippen molar-refractivity contribution < 1.29 is 9.53 Å². The Labute approximate surface area is 257 Å². The van der Waals surface area contributed by atoms with Crippen LogP contribution in [0.1, 0.15) is 29.0 Å². The second-order valence-electron chi connectivity index (χ2n) is 12.4. The van der Waals surface area contributed by atoms with E-state index in [0.29, 0.717) is 24.4 Å². The van der Waals surface area contributed by atoms with Crippen LogP contribution >= 0.6 is 0 Å². The molecule has 4 atom stereocenters. The summed E-state index contributed by atoms with van der Waals surface area (Å²) < 4.78 is 5.29. The molecule has 0 bridgehead atoms. The molecule has 0 aromatic heterocycles. The molecular weight excluding hydrogens is 534 g/mol. The van der Waals surface area contributed by atoms with Crippen LogP contribution in [-0.2, 0) is 0 Å². The molecule has 0 radical (unpaired) electrons. The van der Waals surface area contributed by atoms with E-state index in [1.165, 1.54) is 5.56 Å². The summed E-state index contributed by atoms with van der Waals surface area (Å²) in [5.74, 6) is 8.09. The Morgan fingerprint density at radius 2 is 1.51 bits per heavy atom. The van der Waals surface area contributed by atoms with Crippen molar-refractivity contribution in [2.75, 3.05) is 73.3 Å². The zero-order chi connectivity index (χ0) is 30.3. The smallest absolute Gasteiger partial charge is 0.321 e. The number of methoxy groups -OCH3 is 1. The van der Waals surface area contributed by atoms with E-state index in [1.54, 1.807) is 7.11 Å². The first kappa shape index (κ1) is 30.6. The fourth-order valence-electron chi connectivity index (χ4n) is 6.60. The molecule has 0 aliphatic carbocycles. The number of urea groups is 1. The minimum absolute atomic E-state index is 0.0443. The van der Waals surface area contributed by atoms with Crippen molar-refractivity contribution >= 4 is 11.7 Å². The number of ether oxygens (including phenoxy) is 1. The zero-order valence-corrected chi connectivity index (χ0v) is 26.2. The van der Waals surface area contributed by atoms with E-state index >= 15 is 0 Å². The lowest BCUT2D eigenvalue weighted by Crippen LogP contribution is -2.69. The van der Waals surface area contributed by atoms with Gasteiger partial charge in [-0.15, -0.1) is 0 Å². The predicted octanol–water partition coefficient (Wildman–Crippen LogP) is 4.91. The first-order chi connectivity index (χ1) is 20.8. The molecule has 3 unspecified atom stereocenters. The lowest BCUT2D eigenvalue weighted by molar-refractivity contribution is -0.0520. The fourth-order valence-corrected chi connectivity index (χ4v) is 6.60. The van der Waals surface area contributed by atoms with E-state index in [9.17, 15) is 4.79 Å². The monoisotopic (exact) mass is 579 g/mol. The van der Waals surface area contributed by atoms with E-state index in [2.05, 4.69) is 84.3 Å². The predicted molar refractivity (Wildman–Crippen MR) is 175 cm³/mol. The number of likely N-dealkylation sites (N-methyl/N-ethyl adjacent to an activating group) is 1. The summed E-state index contributed by atoms with van der Waals surface area (Å²) in [6.45, 7) is 4.41. The van der Waals surface area contributed by atoms with Gasteiger partial charge in [0, 0.05) is 61.0 Å². The number of amides is 2. The number of nitrogens with one attached hydrogen (secondary N) is 1. The quantitative estimate of drug-likeness (QED) is 0.404. The van der Waals surface area contributed by atoms with Crippen LogP contribution in [0.4, 0.5) is 10.5 Å². The van der Waals surface area contributed by atoms with Crippen molar-refractivity contribution in [3.8, 4) is 17.6 Å². The molecular formula is C36H45N5O2. The maximum absolute atomic E-state index is 13.8. The van der Waals surface area contributed by atoms with Crippen LogP contribution < -0.4 is 10.1 Å². The molecule has 226 valence electrons. The van der Waals surface area contributed by atoms with Crippen molar-refractivity contribution in [1.29, 1.82) is 0 Å². The summed E-state index contributed by atoms with van der Waals surface area (Å²) in [6.07, 6.45) is 1.06. The number of carbonyl (C=O) groups excluding carboxylic acids is 1. The number of fused-ring (bicyclic) bond motifs is 1. The third kappa shape index (κ3) is 7.77. The average molecular weight is 580 g/mol. The molecule has 0 saturated carbocycles. The van der Waals surface area contributed by atoms with Crippen LogP contribution in [-0.4, -0.2) is 106 Å². The molecule has 7 heteroatoms. The van der Waals surface area contributed by atoms with Gasteiger partial charge in [-0.05, 0) is 101 Å². The molecule has 5 rings (SSSR count). The Bertz CT molecular complexity index is 1400. The first-order valence-corrected chi connectivity index (χ1v) is 15.2. The number of rotatable bonds is 7. The normalized spacial score (nSPS) is 22.1. The first-order valence-electron chi connectivity index (χ1n) is 15.2. The Balaban J connectivity index is 1.38. The number of hydrogen-bond donors (Lipinski definition) is 1. The van der Waals surface area contributed by atoms with Crippen molar-refractivity contribution in [3.63, 3.8) is 0 Å². The third-order valence-corrected chi connectivity index (χ3v) is 8.59. The van der Waals surface area contributed by atoms with E-state index < -0.39 is 0 Å². The number of nitrogens with zero attached hydrogens (tertiary/aromatic N) is 4. The topological polar surface area (TPSA) is 51.3 Å². The van der Waals surface area contributed by atoms with Gasteiger partial charge in [0.05, 0.1) is 7.11 Å². The molecule has 2 aliphatic rings. The van der Waals surface area contributed by atoms with Gasteiger partial charge in [0.25, 0.3) is 0 Å². The summed E-state index contributed by atoms with van der Waals surface area (Å²) >= 11 is 0. The van der Waals surface area contributed by atoms with E-state index in [0.717, 1.165) is 55.2 Å². The molecule has 2 heterocycles. The Morgan fingerprint density at radius 3 is 2.14 bits per heavy atom. The highest BCUT2D eigenvalue weighted by Crippen LogP contribution is 2.43. The average Bonchev–Trinajstić information content (AvgIpc) is 2.99. The van der Waals surface area contributed by atoms with Crippen molar-refractivity contribution in [2.24, 2.45) is 5.92 Å². The van der Waals surface area contributed by atoms with Crippen LogP contribution in [0, 0.1) is 17.8 Å². The van der Waals surface area contributed by atoms with Gasteiger partial charge in [-0.1, -0.05) is 42.2 Å². The zero-order valence-electron chi connectivity index (χ0n) is 26.2. The van der Waals surface area contributed by atoms with Crippen LogP contribution in [0.5, 0.6) is 5.75 Å². The highest BCUT2D eigenvalue weighted by molar-refractivity contribution is 5.89. The van der Waals surface area contributed by atoms with Gasteiger partial charge in [-0.2, -0.15) is 0 Å². The lowest BCUT2D eigenvalue weighted by atomic mass is 9.73. The summed E-state index contributed by atoms with van der Waals surface area (Å²) in [4.78, 5) is 23.0. The highest BCUT2D eigenvalue weighted by Gasteiger charge is 2.50. The number of hydrogen-bond acceptors (Lipinski definition) is 5. The summed E-state index contributed by atoms with van der Waals surface area (Å²) in [5.41, 5.74) is 4.12. The maximum Gasteiger partial charge on any atom is 0.321 e. The van der Waals surface area contributed by atoms with Gasteiger partial charge in [-0.25, -0.2) is 4.79 Å². The molecule has 2 aliphatic heterocycles. The van der Waals surface area contributed by atoms with Gasteiger partial charge < -0.3 is 24.8 Å². The molecule has 2 amide bonds. The van der Waals surface area contributed by atoms with Gasteiger partial charge >= 0.3 is 6.03 Å². The molecule has 2 fully saturated rings. The second-order valence-corrected chi connectivity index (χ2v) is 12.4. The molecule has 43 heavy (non-hydrogen) atoms. The molecule has 3 aromatic rings. The Hall–Kier alpha value is -3.83. The molecule has 3 aromatic carbocycles. The van der Waals surface area contributed by atoms with Crippen LogP contribution in [0.15, 0.2) is 78.9 Å². The lowest BCUT2D eigenvalue weighted by Gasteiger charge is -2.58. The Kier molecular flexibility index (Phi) is 10.0. The van der Waals surface area contributed by atoms with Gasteiger partial charge in [-0.3, -0.25) is 4.90 Å². The number of benzene rings is 3. The SMILES string of the molecule is COc1ccc(NC(=O)N2CC(CN(C)C)CCN3C(C2)C(c2ccc(C#Cc4ccccc4)cc2)[C@H]3CN(C)C)cc1. The van der Waals surface area contributed by atoms with Crippen molar-refractivity contribution in [3.05, 3.63) is 95.6 Å². The Morgan fingerprint density at radius 1 is 0.860 bits per heavy atom. The minimum Gasteiger partial charge on any atom is -0.497 e. The van der Waals surface area contributed by atoms with Gasteiger partial charge in [0.2, 0.25) is 0 Å². The highest BCUT2D eigenvalue weighted by atomic mass is 16.5. The molecule has 2 saturated heterocycles. The fraction of sp³-hybridized carbons (Fsp3) is 0.417. The van der Waals surface area contributed by atoms with Crippen LogP contribution in [0.25, 0.3) is 0 Å². The van der Waals surface area contributed by atoms with Crippen molar-refractivity contribution in [1.82, 2.24) is 19.6 Å². The summed E-state index contributed by atoms with van der Waals surface area (Å²) in [6, 6.07) is 27.0. The van der Waals surface area contributed by atoms with Crippen LogP contribution in [0.2, 0.25) is 0 Å². The molecule has 1 N–H and O–H groups in total. The molecule has 0 spiro atoms. The summed E-state index contributed by atoms with van der Waals surface area (Å²) in [7, 11) is 10.2. The number of carbonyl (C=O) groups is 1. The second kappa shape index (κ2) is 14.1. The van der Waals surface area contributed by atoms with E-state index in [1.807, 2.05) is 59.5 Å². The van der Waals surface area contributed by atoms with Crippen LogP contribution in [0.3, 0.4) is 0 Å². The third-order valence-electron chi connectivity index (χ3n) is 8.59. The van der Waals surface area contributed by atoms with E-state index in [4.69, 9.17) is 4.74 Å². The largest absolute Gasteiger partial charge is 0.497 e. The summed E-state index contributed by atoms with van der Waals surface area (Å²) in [5, 5.41) is 3.15. The van der Waals surface area contributed by atoms with Crippen molar-refractivity contribution in [2.45, 2.75) is 24.4 Å². The maximum atomic E-state index is 13.8. The van der Waals surface area contributed by atoms with E-state index in [-0.39, 0.29) is 12.1 Å². The minimum atomic E-state index is -0.0443.